The summed E-state index contributed by atoms with van der Waals surface area (Å²) >= 11 is 0. The van der Waals surface area contributed by atoms with E-state index >= 15 is 0 Å². The predicted octanol–water partition coefficient (Wildman–Crippen LogP) is 0.183. The molecule has 2 fully saturated rings. The Balaban J connectivity index is 1.68. The number of aryl methyl sites for hydroxylation is 2. The fraction of sp³-hybridized carbons (Fsp3) is 0.688. The summed E-state index contributed by atoms with van der Waals surface area (Å²) in [4.78, 5) is 28.2. The average Bonchev–Trinajstić information content (AvgIpc) is 3.21. The van der Waals surface area contributed by atoms with Crippen LogP contribution in [0.1, 0.15) is 37.1 Å². The molecule has 10 heteroatoms. The van der Waals surface area contributed by atoms with E-state index in [4.69, 9.17) is 4.52 Å². The molecule has 3 heterocycles. The van der Waals surface area contributed by atoms with Crippen LogP contribution in [-0.4, -0.2) is 67.4 Å². The van der Waals surface area contributed by atoms with Crippen molar-refractivity contribution in [2.75, 3.05) is 26.2 Å². The molecule has 0 spiro atoms. The molecule has 1 aromatic rings. The van der Waals surface area contributed by atoms with E-state index in [1.807, 2.05) is 0 Å². The second-order valence-corrected chi connectivity index (χ2v) is 8.47. The van der Waals surface area contributed by atoms with Gasteiger partial charge in [0.15, 0.2) is 5.76 Å². The Bertz CT molecular complexity index is 778. The SMILES string of the molecule is Cc1noc(C)c1S(=O)(=O)N[C@H]1CCCN(CC(=O)N2CCCC2)C1=O. The van der Waals surface area contributed by atoms with Crippen molar-refractivity contribution in [3.63, 3.8) is 0 Å². The fourth-order valence-electron chi connectivity index (χ4n) is 3.54. The first kappa shape index (κ1) is 18.8. The first-order valence-electron chi connectivity index (χ1n) is 8.81. The number of likely N-dealkylation sites (tertiary alicyclic amines) is 2. The largest absolute Gasteiger partial charge is 0.360 e. The third-order valence-electron chi connectivity index (χ3n) is 4.85. The summed E-state index contributed by atoms with van der Waals surface area (Å²) in [6.07, 6.45) is 3.00. The Morgan fingerprint density at radius 1 is 1.23 bits per heavy atom. The first-order valence-corrected chi connectivity index (χ1v) is 10.3. The zero-order valence-corrected chi connectivity index (χ0v) is 15.8. The second-order valence-electron chi connectivity index (χ2n) is 6.82. The first-order chi connectivity index (χ1) is 12.3. The predicted molar refractivity (Wildman–Crippen MR) is 91.7 cm³/mol. The van der Waals surface area contributed by atoms with Gasteiger partial charge in [0, 0.05) is 19.6 Å². The standard InChI is InChI=1S/C16H24N4O5S/c1-11-15(12(2)25-17-11)26(23,24)18-13-6-5-9-20(16(13)22)10-14(21)19-7-3-4-8-19/h13,18H,3-10H2,1-2H3/t13-/m0/s1. The third-order valence-corrected chi connectivity index (χ3v) is 6.56. The smallest absolute Gasteiger partial charge is 0.246 e. The summed E-state index contributed by atoms with van der Waals surface area (Å²) in [5.41, 5.74) is 0.249. The summed E-state index contributed by atoms with van der Waals surface area (Å²) in [6.45, 7) is 4.96. The number of carbonyl (C=O) groups is 2. The second kappa shape index (κ2) is 7.36. The van der Waals surface area contributed by atoms with Crippen molar-refractivity contribution in [1.29, 1.82) is 0 Å². The molecule has 1 N–H and O–H groups in total. The molecule has 1 atom stereocenters. The number of nitrogens with zero attached hydrogens (tertiary/aromatic N) is 3. The van der Waals surface area contributed by atoms with Gasteiger partial charge in [-0.25, -0.2) is 8.42 Å². The van der Waals surface area contributed by atoms with Gasteiger partial charge in [-0.3, -0.25) is 9.59 Å². The molecule has 0 radical (unpaired) electrons. The van der Waals surface area contributed by atoms with Crippen LogP contribution in [0, 0.1) is 13.8 Å². The van der Waals surface area contributed by atoms with Gasteiger partial charge in [-0.1, -0.05) is 5.16 Å². The zero-order chi connectivity index (χ0) is 18.9. The topological polar surface area (TPSA) is 113 Å². The Morgan fingerprint density at radius 2 is 1.92 bits per heavy atom. The van der Waals surface area contributed by atoms with Crippen LogP contribution in [0.3, 0.4) is 0 Å². The number of rotatable bonds is 5. The van der Waals surface area contributed by atoms with E-state index in [-0.39, 0.29) is 34.7 Å². The molecule has 9 nitrogen and oxygen atoms in total. The maximum absolute atomic E-state index is 12.7. The molecule has 2 aliphatic heterocycles. The lowest BCUT2D eigenvalue weighted by Gasteiger charge is -2.33. The van der Waals surface area contributed by atoms with Crippen molar-refractivity contribution in [2.45, 2.75) is 50.5 Å². The van der Waals surface area contributed by atoms with Crippen LogP contribution < -0.4 is 4.72 Å². The summed E-state index contributed by atoms with van der Waals surface area (Å²) < 4.78 is 32.6. The minimum absolute atomic E-state index is 0.00236. The number of hydrogen-bond acceptors (Lipinski definition) is 6. The highest BCUT2D eigenvalue weighted by Gasteiger charge is 2.35. The lowest BCUT2D eigenvalue weighted by molar-refractivity contribution is -0.142. The van der Waals surface area contributed by atoms with Gasteiger partial charge < -0.3 is 14.3 Å². The van der Waals surface area contributed by atoms with Crippen LogP contribution in [0.5, 0.6) is 0 Å². The molecule has 26 heavy (non-hydrogen) atoms. The highest BCUT2D eigenvalue weighted by molar-refractivity contribution is 7.89. The summed E-state index contributed by atoms with van der Waals surface area (Å²) in [7, 11) is -3.93. The molecule has 0 saturated carbocycles. The minimum Gasteiger partial charge on any atom is -0.360 e. The number of amides is 2. The normalized spacial score (nSPS) is 21.5. The Morgan fingerprint density at radius 3 is 2.54 bits per heavy atom. The molecule has 2 aliphatic rings. The minimum atomic E-state index is -3.93. The van der Waals surface area contributed by atoms with Crippen LogP contribution in [-0.2, 0) is 19.6 Å². The van der Waals surface area contributed by atoms with Gasteiger partial charge in [0.2, 0.25) is 21.8 Å². The number of carbonyl (C=O) groups excluding carboxylic acids is 2. The number of piperidine rings is 1. The fourth-order valence-corrected chi connectivity index (χ4v) is 5.09. The number of hydrogen-bond donors (Lipinski definition) is 1. The van der Waals surface area contributed by atoms with Gasteiger partial charge in [-0.05, 0) is 39.5 Å². The molecule has 2 saturated heterocycles. The van der Waals surface area contributed by atoms with Crippen molar-refractivity contribution in [2.24, 2.45) is 0 Å². The molecule has 144 valence electrons. The van der Waals surface area contributed by atoms with Gasteiger partial charge in [-0.15, -0.1) is 0 Å². The van der Waals surface area contributed by atoms with Crippen molar-refractivity contribution < 1.29 is 22.5 Å². The van der Waals surface area contributed by atoms with Crippen LogP contribution in [0.25, 0.3) is 0 Å². The number of nitrogens with one attached hydrogen (secondary N) is 1. The monoisotopic (exact) mass is 384 g/mol. The molecule has 0 bridgehead atoms. The quantitative estimate of drug-likeness (QED) is 0.775. The molecule has 2 amide bonds. The van der Waals surface area contributed by atoms with Crippen LogP contribution in [0.15, 0.2) is 9.42 Å². The van der Waals surface area contributed by atoms with Gasteiger partial charge in [0.05, 0.1) is 6.54 Å². The van der Waals surface area contributed by atoms with Crippen LogP contribution >= 0.6 is 0 Å². The molecule has 3 rings (SSSR count). The van der Waals surface area contributed by atoms with E-state index in [1.54, 1.807) is 4.90 Å². The molecule has 0 aliphatic carbocycles. The Labute approximate surface area is 152 Å². The average molecular weight is 384 g/mol. The van der Waals surface area contributed by atoms with Gasteiger partial charge in [0.25, 0.3) is 0 Å². The van der Waals surface area contributed by atoms with E-state index in [2.05, 4.69) is 9.88 Å². The Hall–Kier alpha value is -1.94. The molecular weight excluding hydrogens is 360 g/mol. The van der Waals surface area contributed by atoms with Crippen molar-refractivity contribution in [3.8, 4) is 0 Å². The van der Waals surface area contributed by atoms with Crippen LogP contribution in [0.4, 0.5) is 0 Å². The van der Waals surface area contributed by atoms with Gasteiger partial charge in [-0.2, -0.15) is 4.72 Å². The lowest BCUT2D eigenvalue weighted by Crippen LogP contribution is -2.54. The number of aromatic nitrogens is 1. The number of sulfonamides is 1. The third kappa shape index (κ3) is 3.75. The van der Waals surface area contributed by atoms with Crippen molar-refractivity contribution in [1.82, 2.24) is 19.7 Å². The van der Waals surface area contributed by atoms with E-state index in [9.17, 15) is 18.0 Å². The van der Waals surface area contributed by atoms with Crippen molar-refractivity contribution in [3.05, 3.63) is 11.5 Å². The highest BCUT2D eigenvalue weighted by atomic mass is 32.2. The van der Waals surface area contributed by atoms with E-state index in [0.717, 1.165) is 25.9 Å². The molecule has 0 aromatic carbocycles. The maximum Gasteiger partial charge on any atom is 0.246 e. The van der Waals surface area contributed by atoms with E-state index in [0.29, 0.717) is 19.4 Å². The summed E-state index contributed by atoms with van der Waals surface area (Å²) in [5, 5.41) is 3.65. The van der Waals surface area contributed by atoms with Gasteiger partial charge >= 0.3 is 0 Å². The molecule has 0 unspecified atom stereocenters. The molecular formula is C16H24N4O5S. The van der Waals surface area contributed by atoms with Crippen LogP contribution in [0.2, 0.25) is 0 Å². The lowest BCUT2D eigenvalue weighted by atomic mass is 10.1. The van der Waals surface area contributed by atoms with Crippen molar-refractivity contribution >= 4 is 21.8 Å². The van der Waals surface area contributed by atoms with Gasteiger partial charge in [0.1, 0.15) is 16.6 Å². The zero-order valence-electron chi connectivity index (χ0n) is 15.0. The summed E-state index contributed by atoms with van der Waals surface area (Å²) in [6, 6.07) is -0.881. The van der Waals surface area contributed by atoms with E-state index in [1.165, 1.54) is 18.7 Å². The highest BCUT2D eigenvalue weighted by Crippen LogP contribution is 2.21. The summed E-state index contributed by atoms with van der Waals surface area (Å²) in [5.74, 6) is -0.261. The maximum atomic E-state index is 12.7. The Kier molecular flexibility index (Phi) is 5.33. The molecule has 1 aromatic heterocycles. The van der Waals surface area contributed by atoms with E-state index < -0.39 is 16.1 Å².